The molecule has 0 spiro atoms. The maximum absolute atomic E-state index is 12.6. The van der Waals surface area contributed by atoms with Crippen LogP contribution < -0.4 is 0 Å². The fraction of sp³-hybridized carbons (Fsp3) is 0.375. The lowest BCUT2D eigenvalue weighted by atomic mass is 10.1. The van der Waals surface area contributed by atoms with Gasteiger partial charge in [0, 0.05) is 29.8 Å². The summed E-state index contributed by atoms with van der Waals surface area (Å²) in [6, 6.07) is 5.11. The van der Waals surface area contributed by atoms with Crippen molar-refractivity contribution in [1.29, 1.82) is 0 Å². The minimum atomic E-state index is -4.31. The van der Waals surface area contributed by atoms with Gasteiger partial charge in [0.05, 0.1) is 11.3 Å². The van der Waals surface area contributed by atoms with Crippen molar-refractivity contribution in [2.75, 3.05) is 13.1 Å². The highest BCUT2D eigenvalue weighted by Gasteiger charge is 2.30. The van der Waals surface area contributed by atoms with E-state index in [-0.39, 0.29) is 0 Å². The Morgan fingerprint density at radius 3 is 2.50 bits per heavy atom. The van der Waals surface area contributed by atoms with Crippen LogP contribution in [-0.4, -0.2) is 27.3 Å². The quantitative estimate of drug-likeness (QED) is 0.650. The molecule has 1 saturated heterocycles. The summed E-state index contributed by atoms with van der Waals surface area (Å²) in [6.07, 6.45) is -1.93. The zero-order chi connectivity index (χ0) is 17.2. The van der Waals surface area contributed by atoms with Crippen molar-refractivity contribution in [3.63, 3.8) is 0 Å². The summed E-state index contributed by atoms with van der Waals surface area (Å²) < 4.78 is 38.7. The molecule has 2 aromatic rings. The van der Waals surface area contributed by atoms with Crippen LogP contribution in [-0.2, 0) is 11.9 Å². The minimum absolute atomic E-state index is 0.644. The van der Waals surface area contributed by atoms with Crippen LogP contribution in [0.3, 0.4) is 0 Å². The highest BCUT2D eigenvalue weighted by molar-refractivity contribution is 8.22. The molecule has 128 valence electrons. The van der Waals surface area contributed by atoms with E-state index < -0.39 is 11.7 Å². The van der Waals surface area contributed by atoms with Gasteiger partial charge in [-0.2, -0.15) is 13.2 Å². The van der Waals surface area contributed by atoms with Gasteiger partial charge in [-0.25, -0.2) is 4.98 Å². The lowest BCUT2D eigenvalue weighted by molar-refractivity contribution is -0.137. The van der Waals surface area contributed by atoms with Crippen LogP contribution in [0.4, 0.5) is 13.2 Å². The smallest absolute Gasteiger partial charge is 0.358 e. The third-order valence-electron chi connectivity index (χ3n) is 3.72. The Balaban J connectivity index is 1.61. The van der Waals surface area contributed by atoms with Crippen molar-refractivity contribution in [2.45, 2.75) is 24.8 Å². The zero-order valence-electron chi connectivity index (χ0n) is 12.7. The number of thiocarbonyl (C=S) groups is 1. The number of halogens is 3. The Labute approximate surface area is 152 Å². The van der Waals surface area contributed by atoms with Crippen molar-refractivity contribution in [1.82, 2.24) is 9.88 Å². The molecule has 3 rings (SSSR count). The fourth-order valence-corrected chi connectivity index (χ4v) is 4.51. The summed E-state index contributed by atoms with van der Waals surface area (Å²) in [5.41, 5.74) is 0.961. The van der Waals surface area contributed by atoms with E-state index in [1.165, 1.54) is 36.3 Å². The maximum atomic E-state index is 12.6. The number of alkyl halides is 3. The van der Waals surface area contributed by atoms with Crippen LogP contribution in [0.2, 0.25) is 0 Å². The molecule has 0 saturated carbocycles. The number of thioether (sulfide) groups is 1. The van der Waals surface area contributed by atoms with Crippen LogP contribution >= 0.6 is 35.3 Å². The summed E-state index contributed by atoms with van der Waals surface area (Å²) in [5, 5.41) is 2.67. The topological polar surface area (TPSA) is 16.1 Å². The molecule has 0 unspecified atom stereocenters. The second kappa shape index (κ2) is 7.41. The van der Waals surface area contributed by atoms with Gasteiger partial charge in [0.1, 0.15) is 9.33 Å². The predicted molar refractivity (Wildman–Crippen MR) is 97.3 cm³/mol. The molecule has 1 aromatic heterocycles. The number of aromatic nitrogens is 1. The summed E-state index contributed by atoms with van der Waals surface area (Å²) in [5.74, 6) is 0.687. The summed E-state index contributed by atoms with van der Waals surface area (Å²) >= 11 is 8.45. The Morgan fingerprint density at radius 2 is 1.88 bits per heavy atom. The van der Waals surface area contributed by atoms with E-state index in [0.29, 0.717) is 11.3 Å². The van der Waals surface area contributed by atoms with Gasteiger partial charge in [-0.1, -0.05) is 36.1 Å². The van der Waals surface area contributed by atoms with Crippen molar-refractivity contribution in [2.24, 2.45) is 0 Å². The molecule has 2 heterocycles. The Kier molecular flexibility index (Phi) is 5.46. The first-order valence-corrected chi connectivity index (χ1v) is 9.74. The SMILES string of the molecule is FC(F)(F)c1ccc(-c2nc(CSC(=S)N3CCCC3)cs2)cc1. The maximum Gasteiger partial charge on any atom is 0.416 e. The van der Waals surface area contributed by atoms with Crippen molar-refractivity contribution in [3.05, 3.63) is 40.9 Å². The molecule has 1 aliphatic heterocycles. The van der Waals surface area contributed by atoms with Gasteiger partial charge in [-0.15, -0.1) is 11.3 Å². The molecule has 1 aromatic carbocycles. The van der Waals surface area contributed by atoms with E-state index in [0.717, 1.165) is 40.2 Å². The molecule has 0 atom stereocenters. The summed E-state index contributed by atoms with van der Waals surface area (Å²) in [4.78, 5) is 6.72. The molecule has 0 amide bonds. The molecular weight excluding hydrogens is 373 g/mol. The van der Waals surface area contributed by atoms with E-state index >= 15 is 0 Å². The van der Waals surface area contributed by atoms with E-state index in [4.69, 9.17) is 12.2 Å². The normalized spacial score (nSPS) is 15.0. The first-order valence-electron chi connectivity index (χ1n) is 7.47. The van der Waals surface area contributed by atoms with Crippen LogP contribution in [0.25, 0.3) is 10.6 Å². The second-order valence-electron chi connectivity index (χ2n) is 5.47. The molecule has 0 aliphatic carbocycles. The van der Waals surface area contributed by atoms with Gasteiger partial charge in [0.25, 0.3) is 0 Å². The largest absolute Gasteiger partial charge is 0.416 e. The molecule has 1 fully saturated rings. The first-order chi connectivity index (χ1) is 11.4. The highest BCUT2D eigenvalue weighted by atomic mass is 32.2. The molecule has 8 heteroatoms. The van der Waals surface area contributed by atoms with Crippen molar-refractivity contribution in [3.8, 4) is 10.6 Å². The van der Waals surface area contributed by atoms with Crippen molar-refractivity contribution >= 4 is 39.6 Å². The second-order valence-corrected chi connectivity index (χ2v) is 7.94. The van der Waals surface area contributed by atoms with E-state index in [1.807, 2.05) is 5.38 Å². The first kappa shape index (κ1) is 17.7. The van der Waals surface area contributed by atoms with E-state index in [1.54, 1.807) is 11.8 Å². The number of thiazole rings is 1. The number of benzene rings is 1. The number of nitrogens with zero attached hydrogens (tertiary/aromatic N) is 2. The zero-order valence-corrected chi connectivity index (χ0v) is 15.1. The molecule has 0 bridgehead atoms. The van der Waals surface area contributed by atoms with Crippen LogP contribution in [0, 0.1) is 0 Å². The molecule has 24 heavy (non-hydrogen) atoms. The van der Waals surface area contributed by atoms with Crippen LogP contribution in [0.5, 0.6) is 0 Å². The van der Waals surface area contributed by atoms with Gasteiger partial charge in [-0.05, 0) is 25.0 Å². The summed E-state index contributed by atoms with van der Waals surface area (Å²) in [6.45, 7) is 2.05. The Bertz CT molecular complexity index is 704. The van der Waals surface area contributed by atoms with Gasteiger partial charge in [0.15, 0.2) is 0 Å². The summed E-state index contributed by atoms with van der Waals surface area (Å²) in [7, 11) is 0. The monoisotopic (exact) mass is 388 g/mol. The Hall–Kier alpha value is -1.12. The Morgan fingerprint density at radius 1 is 1.21 bits per heavy atom. The molecular formula is C16H15F3N2S3. The fourth-order valence-electron chi connectivity index (χ4n) is 2.43. The molecule has 1 aliphatic rings. The average molecular weight is 389 g/mol. The van der Waals surface area contributed by atoms with E-state index in [2.05, 4.69) is 9.88 Å². The third-order valence-corrected chi connectivity index (χ3v) is 6.22. The van der Waals surface area contributed by atoms with Crippen LogP contribution in [0.15, 0.2) is 29.6 Å². The number of hydrogen-bond acceptors (Lipinski definition) is 4. The lowest BCUT2D eigenvalue weighted by Gasteiger charge is -2.16. The standard InChI is InChI=1S/C16H15F3N2S3/c17-16(18,19)12-5-3-11(4-6-12)14-20-13(9-23-14)10-24-15(22)21-7-1-2-8-21/h3-6,9H,1-2,7-8,10H2. The molecule has 0 N–H and O–H groups in total. The minimum Gasteiger partial charge on any atom is -0.358 e. The molecule has 0 radical (unpaired) electrons. The van der Waals surface area contributed by atoms with Crippen molar-refractivity contribution < 1.29 is 13.2 Å². The molecule has 2 nitrogen and oxygen atoms in total. The number of rotatable bonds is 3. The van der Waals surface area contributed by atoms with Gasteiger partial charge in [0.2, 0.25) is 0 Å². The van der Waals surface area contributed by atoms with Crippen LogP contribution in [0.1, 0.15) is 24.1 Å². The van der Waals surface area contributed by atoms with Gasteiger partial charge >= 0.3 is 6.18 Å². The number of hydrogen-bond donors (Lipinski definition) is 0. The van der Waals surface area contributed by atoms with Gasteiger partial charge in [-0.3, -0.25) is 0 Å². The third kappa shape index (κ3) is 4.29. The predicted octanol–water partition coefficient (Wildman–Crippen LogP) is 5.44. The lowest BCUT2D eigenvalue weighted by Crippen LogP contribution is -2.23. The average Bonchev–Trinajstić information content (AvgIpc) is 3.23. The number of likely N-dealkylation sites (tertiary alicyclic amines) is 1. The highest BCUT2D eigenvalue weighted by Crippen LogP contribution is 2.32. The van der Waals surface area contributed by atoms with Gasteiger partial charge < -0.3 is 4.90 Å². The van der Waals surface area contributed by atoms with E-state index in [9.17, 15) is 13.2 Å².